The molecule has 2 N–H and O–H groups in total. The molecule has 1 aromatic heterocycles. The molecule has 0 aliphatic heterocycles. The fourth-order valence-electron chi connectivity index (χ4n) is 2.05. The number of amides is 2. The smallest absolute Gasteiger partial charge is 0.331 e. The molecule has 24 heavy (non-hydrogen) atoms. The zero-order chi connectivity index (χ0) is 17.7. The Morgan fingerprint density at radius 3 is 2.67 bits per heavy atom. The maximum atomic E-state index is 12.5. The Bertz CT molecular complexity index is 714. The van der Waals surface area contributed by atoms with E-state index in [-0.39, 0.29) is 13.1 Å². The summed E-state index contributed by atoms with van der Waals surface area (Å²) in [6.07, 6.45) is -2.15. The van der Waals surface area contributed by atoms with Gasteiger partial charge in [-0.25, -0.2) is 0 Å². The normalized spacial score (nSPS) is 11.2. The fourth-order valence-corrected chi connectivity index (χ4v) is 2.05. The van der Waals surface area contributed by atoms with Crippen LogP contribution in [0.25, 0.3) is 0 Å². The van der Waals surface area contributed by atoms with Crippen LogP contribution in [0.15, 0.2) is 36.7 Å². The van der Waals surface area contributed by atoms with Crippen molar-refractivity contribution < 1.29 is 22.8 Å². The molecule has 0 unspecified atom stereocenters. The molecule has 0 spiro atoms. The SMILES string of the molecule is CCN(Cc1cccc(NC(=O)c2cn[nH]c2)c1)C(=O)C(F)(F)F. The summed E-state index contributed by atoms with van der Waals surface area (Å²) >= 11 is 0. The van der Waals surface area contributed by atoms with Gasteiger partial charge in [0.05, 0.1) is 11.8 Å². The van der Waals surface area contributed by atoms with Crippen LogP contribution < -0.4 is 5.32 Å². The summed E-state index contributed by atoms with van der Waals surface area (Å²) < 4.78 is 37.6. The second-order valence-electron chi connectivity index (χ2n) is 4.96. The molecular weight excluding hydrogens is 325 g/mol. The fraction of sp³-hybridized carbons (Fsp3) is 0.267. The Morgan fingerprint density at radius 2 is 2.08 bits per heavy atom. The van der Waals surface area contributed by atoms with E-state index in [9.17, 15) is 22.8 Å². The highest BCUT2D eigenvalue weighted by atomic mass is 19.4. The Balaban J connectivity index is 2.09. The summed E-state index contributed by atoms with van der Waals surface area (Å²) in [5, 5.41) is 8.78. The third-order valence-corrected chi connectivity index (χ3v) is 3.23. The Kier molecular flexibility index (Phi) is 5.22. The number of alkyl halides is 3. The zero-order valence-corrected chi connectivity index (χ0v) is 12.7. The number of anilines is 1. The molecule has 0 atom stereocenters. The van der Waals surface area contributed by atoms with E-state index in [0.29, 0.717) is 21.7 Å². The first-order valence-electron chi connectivity index (χ1n) is 7.06. The topological polar surface area (TPSA) is 78.1 Å². The maximum Gasteiger partial charge on any atom is 0.471 e. The largest absolute Gasteiger partial charge is 0.471 e. The van der Waals surface area contributed by atoms with Crippen LogP contribution in [0.1, 0.15) is 22.8 Å². The van der Waals surface area contributed by atoms with Crippen molar-refractivity contribution in [3.63, 3.8) is 0 Å². The molecule has 6 nitrogen and oxygen atoms in total. The van der Waals surface area contributed by atoms with Crippen molar-refractivity contribution >= 4 is 17.5 Å². The first-order chi connectivity index (χ1) is 11.3. The summed E-state index contributed by atoms with van der Waals surface area (Å²) in [4.78, 5) is 24.0. The second-order valence-corrected chi connectivity index (χ2v) is 4.96. The van der Waals surface area contributed by atoms with Gasteiger partial charge in [-0.3, -0.25) is 14.7 Å². The van der Waals surface area contributed by atoms with Gasteiger partial charge in [0.25, 0.3) is 5.91 Å². The minimum absolute atomic E-state index is 0.0794. The number of benzene rings is 1. The summed E-state index contributed by atoms with van der Waals surface area (Å²) in [7, 11) is 0. The summed E-state index contributed by atoms with van der Waals surface area (Å²) in [6, 6.07) is 6.29. The van der Waals surface area contributed by atoms with Crippen molar-refractivity contribution in [3.05, 3.63) is 47.8 Å². The van der Waals surface area contributed by atoms with Gasteiger partial charge >= 0.3 is 12.1 Å². The number of aromatic nitrogens is 2. The number of aromatic amines is 1. The number of H-pyrrole nitrogens is 1. The monoisotopic (exact) mass is 340 g/mol. The summed E-state index contributed by atoms with van der Waals surface area (Å²) in [6.45, 7) is 1.18. The number of carbonyl (C=O) groups excluding carboxylic acids is 2. The molecule has 0 bridgehead atoms. The molecule has 2 amide bonds. The highest BCUT2D eigenvalue weighted by molar-refractivity contribution is 6.03. The quantitative estimate of drug-likeness (QED) is 0.878. The van der Waals surface area contributed by atoms with E-state index in [1.54, 1.807) is 18.2 Å². The second kappa shape index (κ2) is 7.16. The number of halogens is 3. The van der Waals surface area contributed by atoms with Crippen molar-refractivity contribution in [3.8, 4) is 0 Å². The van der Waals surface area contributed by atoms with E-state index >= 15 is 0 Å². The third-order valence-electron chi connectivity index (χ3n) is 3.23. The molecule has 1 heterocycles. The van der Waals surface area contributed by atoms with Crippen molar-refractivity contribution in [1.82, 2.24) is 15.1 Å². The third kappa shape index (κ3) is 4.34. The molecule has 9 heteroatoms. The maximum absolute atomic E-state index is 12.5. The molecule has 0 saturated carbocycles. The van der Waals surface area contributed by atoms with Gasteiger partial charge in [-0.1, -0.05) is 12.1 Å². The molecule has 0 saturated heterocycles. The average molecular weight is 340 g/mol. The van der Waals surface area contributed by atoms with E-state index in [2.05, 4.69) is 15.5 Å². The lowest BCUT2D eigenvalue weighted by atomic mass is 10.1. The standard InChI is InChI=1S/C15H15F3N4O2/c1-2-22(14(24)15(16,17)18)9-10-4-3-5-12(6-10)21-13(23)11-7-19-20-8-11/h3-8H,2,9H2,1H3,(H,19,20)(H,21,23). The highest BCUT2D eigenvalue weighted by Crippen LogP contribution is 2.21. The molecule has 128 valence electrons. The van der Waals surface area contributed by atoms with Gasteiger partial charge in [0.1, 0.15) is 0 Å². The van der Waals surface area contributed by atoms with Gasteiger partial charge in [0.2, 0.25) is 0 Å². The van der Waals surface area contributed by atoms with Crippen molar-refractivity contribution in [2.75, 3.05) is 11.9 Å². The van der Waals surface area contributed by atoms with E-state index in [1.807, 2.05) is 0 Å². The van der Waals surface area contributed by atoms with Crippen LogP contribution in [0.2, 0.25) is 0 Å². The van der Waals surface area contributed by atoms with Gasteiger partial charge < -0.3 is 10.2 Å². The minimum atomic E-state index is -4.91. The molecule has 0 fully saturated rings. The molecule has 2 rings (SSSR count). The first-order valence-corrected chi connectivity index (χ1v) is 7.06. The Hall–Kier alpha value is -2.84. The Morgan fingerprint density at radius 1 is 1.33 bits per heavy atom. The lowest BCUT2D eigenvalue weighted by Gasteiger charge is -2.22. The van der Waals surface area contributed by atoms with Crippen molar-refractivity contribution in [2.24, 2.45) is 0 Å². The van der Waals surface area contributed by atoms with Crippen molar-refractivity contribution in [2.45, 2.75) is 19.6 Å². The van der Waals surface area contributed by atoms with Gasteiger partial charge in [0, 0.05) is 25.0 Å². The van der Waals surface area contributed by atoms with Gasteiger partial charge in [-0.2, -0.15) is 18.3 Å². The van der Waals surface area contributed by atoms with Crippen LogP contribution in [0.5, 0.6) is 0 Å². The first kappa shape index (κ1) is 17.5. The lowest BCUT2D eigenvalue weighted by molar-refractivity contribution is -0.185. The molecule has 1 aromatic carbocycles. The predicted molar refractivity (Wildman–Crippen MR) is 80.1 cm³/mol. The minimum Gasteiger partial charge on any atom is -0.331 e. The molecule has 0 aliphatic rings. The molecular formula is C15H15F3N4O2. The van der Waals surface area contributed by atoms with Crippen LogP contribution in [-0.2, 0) is 11.3 Å². The number of rotatable bonds is 5. The number of hydrogen-bond donors (Lipinski definition) is 2. The van der Waals surface area contributed by atoms with Crippen LogP contribution in [-0.4, -0.2) is 39.6 Å². The number of nitrogens with zero attached hydrogens (tertiary/aromatic N) is 2. The summed E-state index contributed by atoms with van der Waals surface area (Å²) in [5.74, 6) is -2.29. The number of carbonyl (C=O) groups is 2. The van der Waals surface area contributed by atoms with E-state index in [4.69, 9.17) is 0 Å². The number of hydrogen-bond acceptors (Lipinski definition) is 3. The van der Waals surface area contributed by atoms with Crippen LogP contribution in [0, 0.1) is 0 Å². The van der Waals surface area contributed by atoms with Gasteiger partial charge in [-0.05, 0) is 24.6 Å². The van der Waals surface area contributed by atoms with Gasteiger partial charge in [-0.15, -0.1) is 0 Å². The lowest BCUT2D eigenvalue weighted by Crippen LogP contribution is -2.40. The van der Waals surface area contributed by atoms with Crippen LogP contribution in [0.3, 0.4) is 0 Å². The van der Waals surface area contributed by atoms with E-state index < -0.39 is 18.0 Å². The molecule has 0 aliphatic carbocycles. The number of nitrogens with one attached hydrogen (secondary N) is 2. The molecule has 2 aromatic rings. The Labute approximate surface area is 135 Å². The van der Waals surface area contributed by atoms with Crippen LogP contribution >= 0.6 is 0 Å². The summed E-state index contributed by atoms with van der Waals surface area (Å²) in [5.41, 5.74) is 1.21. The predicted octanol–water partition coefficient (Wildman–Crippen LogP) is 2.57. The highest BCUT2D eigenvalue weighted by Gasteiger charge is 2.41. The van der Waals surface area contributed by atoms with Crippen LogP contribution in [0.4, 0.5) is 18.9 Å². The van der Waals surface area contributed by atoms with Crippen molar-refractivity contribution in [1.29, 1.82) is 0 Å². The average Bonchev–Trinajstić information content (AvgIpc) is 3.06. The zero-order valence-electron chi connectivity index (χ0n) is 12.7. The van der Waals surface area contributed by atoms with E-state index in [0.717, 1.165) is 0 Å². The van der Waals surface area contributed by atoms with E-state index in [1.165, 1.54) is 25.4 Å². The van der Waals surface area contributed by atoms with Gasteiger partial charge in [0.15, 0.2) is 0 Å². The molecule has 0 radical (unpaired) electrons.